The quantitative estimate of drug-likeness (QED) is 0.814. The highest BCUT2D eigenvalue weighted by atomic mass is 32.2. The van der Waals surface area contributed by atoms with Gasteiger partial charge in [-0.15, -0.1) is 0 Å². The van der Waals surface area contributed by atoms with Gasteiger partial charge in [-0.25, -0.2) is 8.42 Å². The Balaban J connectivity index is 2.32. The summed E-state index contributed by atoms with van der Waals surface area (Å²) < 4.78 is 26.2. The smallest absolute Gasteiger partial charge is 0.322 e. The zero-order valence-corrected chi connectivity index (χ0v) is 13.8. The number of rotatable bonds is 6. The first-order valence-corrected chi connectivity index (χ1v) is 8.58. The summed E-state index contributed by atoms with van der Waals surface area (Å²) in [6.45, 7) is 0. The predicted molar refractivity (Wildman–Crippen MR) is 89.2 cm³/mol. The van der Waals surface area contributed by atoms with Crippen LogP contribution in [0.3, 0.4) is 0 Å². The van der Waals surface area contributed by atoms with E-state index in [1.165, 1.54) is 31.3 Å². The fraction of sp³-hybridized carbons (Fsp3) is 0.167. The predicted octanol–water partition coefficient (Wildman–Crippen LogP) is 1.94. The molecule has 1 N–H and O–H groups in total. The minimum absolute atomic E-state index is 0.0247. The average molecular weight is 342 g/mol. The topological polar surface area (TPSA) is 74.7 Å². The molecule has 5 nitrogen and oxygen atoms in total. The molecule has 0 heterocycles. The Morgan fingerprint density at radius 2 is 1.75 bits per heavy atom. The van der Waals surface area contributed by atoms with Gasteiger partial charge in [-0.1, -0.05) is 36.3 Å². The molecule has 0 fully saturated rings. The molecule has 0 aromatic heterocycles. The Hall–Kier alpha value is -2.62. The van der Waals surface area contributed by atoms with Crippen molar-refractivity contribution in [2.24, 2.45) is 0 Å². The maximum Gasteiger partial charge on any atom is 0.322 e. The first kappa shape index (κ1) is 17.7. The van der Waals surface area contributed by atoms with E-state index in [2.05, 4.69) is 5.92 Å². The van der Waals surface area contributed by atoms with Gasteiger partial charge in [0.15, 0.2) is 0 Å². The van der Waals surface area contributed by atoms with Gasteiger partial charge >= 0.3 is 5.97 Å². The monoisotopic (exact) mass is 342 g/mol. The number of hydrogen-bond acceptors (Lipinski definition) is 3. The summed E-state index contributed by atoms with van der Waals surface area (Å²) in [6, 6.07) is 13.2. The van der Waals surface area contributed by atoms with E-state index in [1.54, 1.807) is 24.3 Å². The molecule has 1 radical (unpaired) electrons. The summed E-state index contributed by atoms with van der Waals surface area (Å²) in [5.74, 6) is 0.942. The summed E-state index contributed by atoms with van der Waals surface area (Å²) in [6.07, 6.45) is 7.08. The molecular weight excluding hydrogens is 326 g/mol. The van der Waals surface area contributed by atoms with Crippen molar-refractivity contribution in [3.05, 3.63) is 72.1 Å². The third-order valence-electron chi connectivity index (χ3n) is 3.67. The summed E-state index contributed by atoms with van der Waals surface area (Å²) in [7, 11) is -2.71. The molecule has 2 aromatic carbocycles. The number of carbonyl (C=O) groups is 1. The van der Waals surface area contributed by atoms with E-state index in [0.717, 1.165) is 9.87 Å². The van der Waals surface area contributed by atoms with E-state index in [9.17, 15) is 18.3 Å². The SMILES string of the molecule is [C]#Cc1ccc(S(=O)(=O)N(C)[C@@H](Cc2ccccc2)C(=O)O)cc1. The van der Waals surface area contributed by atoms with Crippen LogP contribution in [0.2, 0.25) is 0 Å². The van der Waals surface area contributed by atoms with E-state index in [0.29, 0.717) is 5.56 Å². The number of carboxylic acids is 1. The molecule has 0 amide bonds. The van der Waals surface area contributed by atoms with E-state index >= 15 is 0 Å². The zero-order valence-electron chi connectivity index (χ0n) is 13.0. The molecule has 6 heteroatoms. The molecular formula is C18H16NO4S. The summed E-state index contributed by atoms with van der Waals surface area (Å²) in [4.78, 5) is 11.6. The van der Waals surface area contributed by atoms with Crippen molar-refractivity contribution >= 4 is 16.0 Å². The average Bonchev–Trinajstić information content (AvgIpc) is 2.59. The number of sulfonamides is 1. The molecule has 0 saturated carbocycles. The summed E-state index contributed by atoms with van der Waals surface area (Å²) >= 11 is 0. The fourth-order valence-electron chi connectivity index (χ4n) is 2.25. The Bertz CT molecular complexity index is 852. The van der Waals surface area contributed by atoms with Crippen molar-refractivity contribution in [2.75, 3.05) is 7.05 Å². The second-order valence-electron chi connectivity index (χ2n) is 5.21. The number of benzene rings is 2. The van der Waals surface area contributed by atoms with Crippen LogP contribution in [0.15, 0.2) is 59.5 Å². The van der Waals surface area contributed by atoms with E-state index in [4.69, 9.17) is 6.42 Å². The van der Waals surface area contributed by atoms with Gasteiger partial charge in [0.05, 0.1) is 4.90 Å². The van der Waals surface area contributed by atoms with Crippen molar-refractivity contribution < 1.29 is 18.3 Å². The van der Waals surface area contributed by atoms with Crippen molar-refractivity contribution in [2.45, 2.75) is 17.4 Å². The van der Waals surface area contributed by atoms with Crippen LogP contribution in [-0.2, 0) is 21.2 Å². The first-order chi connectivity index (χ1) is 11.4. The number of hydrogen-bond donors (Lipinski definition) is 1. The molecule has 0 aliphatic heterocycles. The normalized spacial score (nSPS) is 12.5. The van der Waals surface area contributed by atoms with Crippen LogP contribution in [0.25, 0.3) is 0 Å². The minimum Gasteiger partial charge on any atom is -0.480 e. The van der Waals surface area contributed by atoms with Gasteiger partial charge in [-0.05, 0) is 42.7 Å². The lowest BCUT2D eigenvalue weighted by atomic mass is 10.1. The van der Waals surface area contributed by atoms with Crippen LogP contribution < -0.4 is 0 Å². The van der Waals surface area contributed by atoms with Gasteiger partial charge < -0.3 is 5.11 Å². The molecule has 24 heavy (non-hydrogen) atoms. The molecule has 0 aliphatic carbocycles. The lowest BCUT2D eigenvalue weighted by molar-refractivity contribution is -0.141. The zero-order chi connectivity index (χ0) is 17.7. The van der Waals surface area contributed by atoms with E-state index < -0.39 is 22.0 Å². The van der Waals surface area contributed by atoms with Crippen LogP contribution in [-0.4, -0.2) is 36.9 Å². The summed E-state index contributed by atoms with van der Waals surface area (Å²) in [5, 5.41) is 9.46. The van der Waals surface area contributed by atoms with Gasteiger partial charge in [-0.3, -0.25) is 4.79 Å². The number of carboxylic acid groups (broad SMARTS) is 1. The Kier molecular flexibility index (Phi) is 5.39. The second kappa shape index (κ2) is 7.30. The molecule has 2 rings (SSSR count). The van der Waals surface area contributed by atoms with Gasteiger partial charge in [0, 0.05) is 12.6 Å². The van der Waals surface area contributed by atoms with E-state index in [-0.39, 0.29) is 11.3 Å². The lowest BCUT2D eigenvalue weighted by Crippen LogP contribution is -2.43. The Morgan fingerprint density at radius 1 is 1.17 bits per heavy atom. The van der Waals surface area contributed by atoms with Crippen LogP contribution in [0.1, 0.15) is 11.1 Å². The van der Waals surface area contributed by atoms with Crippen molar-refractivity contribution in [1.29, 1.82) is 0 Å². The number of aliphatic carboxylic acids is 1. The molecule has 123 valence electrons. The van der Waals surface area contributed by atoms with Crippen LogP contribution >= 0.6 is 0 Å². The molecule has 0 saturated heterocycles. The first-order valence-electron chi connectivity index (χ1n) is 7.14. The maximum absolute atomic E-state index is 12.7. The van der Waals surface area contributed by atoms with Gasteiger partial charge in [0.2, 0.25) is 10.0 Å². The Morgan fingerprint density at radius 3 is 2.25 bits per heavy atom. The highest BCUT2D eigenvalue weighted by molar-refractivity contribution is 7.89. The lowest BCUT2D eigenvalue weighted by Gasteiger charge is -2.24. The van der Waals surface area contributed by atoms with Gasteiger partial charge in [-0.2, -0.15) is 4.31 Å². The van der Waals surface area contributed by atoms with Crippen molar-refractivity contribution in [3.63, 3.8) is 0 Å². The highest BCUT2D eigenvalue weighted by Gasteiger charge is 2.32. The second-order valence-corrected chi connectivity index (χ2v) is 7.21. The Labute approximate surface area is 141 Å². The van der Waals surface area contributed by atoms with E-state index in [1.807, 2.05) is 6.07 Å². The summed E-state index contributed by atoms with van der Waals surface area (Å²) in [5.41, 5.74) is 1.18. The minimum atomic E-state index is -3.96. The molecule has 0 aliphatic rings. The number of nitrogens with zero attached hydrogens (tertiary/aromatic N) is 1. The molecule has 2 aromatic rings. The number of likely N-dealkylation sites (N-methyl/N-ethyl adjacent to an activating group) is 1. The van der Waals surface area contributed by atoms with Crippen LogP contribution in [0.5, 0.6) is 0 Å². The van der Waals surface area contributed by atoms with Gasteiger partial charge in [0.1, 0.15) is 6.04 Å². The molecule has 0 spiro atoms. The van der Waals surface area contributed by atoms with Crippen LogP contribution in [0, 0.1) is 12.3 Å². The van der Waals surface area contributed by atoms with Crippen LogP contribution in [0.4, 0.5) is 0 Å². The third-order valence-corrected chi connectivity index (χ3v) is 5.55. The van der Waals surface area contributed by atoms with Gasteiger partial charge in [0.25, 0.3) is 0 Å². The van der Waals surface area contributed by atoms with Crippen molar-refractivity contribution in [3.8, 4) is 5.92 Å². The largest absolute Gasteiger partial charge is 0.480 e. The molecule has 1 atom stereocenters. The molecule has 0 bridgehead atoms. The highest BCUT2D eigenvalue weighted by Crippen LogP contribution is 2.19. The third kappa shape index (κ3) is 3.82. The standard InChI is InChI=1S/C18H16NO4S/c1-3-14-9-11-16(12-10-14)24(22,23)19(2)17(18(20)21)13-15-7-5-4-6-8-15/h4-12,17H,13H2,2H3,(H,20,21)/t17-/m0/s1. The maximum atomic E-state index is 12.7. The fourth-order valence-corrected chi connectivity index (χ4v) is 3.57. The van der Waals surface area contributed by atoms with Crippen molar-refractivity contribution in [1.82, 2.24) is 4.31 Å². The molecule has 0 unspecified atom stereocenters.